The van der Waals surface area contributed by atoms with Gasteiger partial charge < -0.3 is 21.3 Å². The molecule has 0 aliphatic heterocycles. The van der Waals surface area contributed by atoms with Crippen LogP contribution in [0.5, 0.6) is 0 Å². The lowest BCUT2D eigenvalue weighted by Crippen LogP contribution is -2.55. The normalized spacial score (nSPS) is 34.6. The molecule has 146 valence electrons. The quantitative estimate of drug-likeness (QED) is 0.624. The van der Waals surface area contributed by atoms with Gasteiger partial charge in [-0.05, 0) is 30.5 Å². The summed E-state index contributed by atoms with van der Waals surface area (Å²) in [5.41, 5.74) is 1.68. The second-order valence-corrected chi connectivity index (χ2v) is 7.28. The van der Waals surface area contributed by atoms with Crippen LogP contribution in [0.2, 0.25) is 0 Å². The zero-order valence-corrected chi connectivity index (χ0v) is 14.1. The van der Waals surface area contributed by atoms with E-state index in [1.165, 1.54) is 13.0 Å². The molecular weight excluding hydrogens is 369 g/mol. The lowest BCUT2D eigenvalue weighted by Gasteiger charge is -2.29. The number of alkyl halides is 3. The molecule has 2 saturated carbocycles. The van der Waals surface area contributed by atoms with Crippen LogP contribution in [0.1, 0.15) is 18.9 Å². The standard InChI is InChI=1S/C17H17F3N2O5/c1-15-10(11(15)13(24)25)9(6-16(15,21)14(26)27)12(23)22-8-4-2-3-7(5-8)17(18,19)20/h2-5,9-11H,6,21H2,1H3,(H,22,23)(H,24,25)(H,26,27)/t9-,10-,11-,15+,16-/m1/s1. The van der Waals surface area contributed by atoms with Crippen molar-refractivity contribution in [1.82, 2.24) is 0 Å². The number of hydrogen-bond donors (Lipinski definition) is 4. The van der Waals surface area contributed by atoms with E-state index in [0.29, 0.717) is 0 Å². The van der Waals surface area contributed by atoms with Crippen LogP contribution in [0.15, 0.2) is 24.3 Å². The third-order valence-corrected chi connectivity index (χ3v) is 5.97. The summed E-state index contributed by atoms with van der Waals surface area (Å²) < 4.78 is 38.4. The van der Waals surface area contributed by atoms with Crippen molar-refractivity contribution in [2.75, 3.05) is 5.32 Å². The van der Waals surface area contributed by atoms with Gasteiger partial charge in [0, 0.05) is 17.0 Å². The fourth-order valence-electron chi connectivity index (χ4n) is 4.46. The maximum Gasteiger partial charge on any atom is 0.416 e. The lowest BCUT2D eigenvalue weighted by atomic mass is 9.80. The predicted octanol–water partition coefficient (Wildman–Crippen LogP) is 1.78. The molecular formula is C17H17F3N2O5. The van der Waals surface area contributed by atoms with Crippen LogP contribution >= 0.6 is 0 Å². The number of carboxylic acid groups (broad SMARTS) is 2. The van der Waals surface area contributed by atoms with Crippen LogP contribution in [-0.2, 0) is 20.6 Å². The SMILES string of the molecule is C[C@@]12[C@H]([C@H](C(=O)Nc3cccc(C(F)(F)F)c3)C[C@@]1(N)C(=O)O)[C@@H]2C(=O)O. The summed E-state index contributed by atoms with van der Waals surface area (Å²) in [4.78, 5) is 35.7. The van der Waals surface area contributed by atoms with Crippen molar-refractivity contribution >= 4 is 23.5 Å². The third-order valence-electron chi connectivity index (χ3n) is 5.97. The van der Waals surface area contributed by atoms with Gasteiger partial charge >= 0.3 is 18.1 Å². The summed E-state index contributed by atoms with van der Waals surface area (Å²) in [5.74, 6) is -6.36. The summed E-state index contributed by atoms with van der Waals surface area (Å²) >= 11 is 0. The van der Waals surface area contributed by atoms with Gasteiger partial charge in [-0.1, -0.05) is 13.0 Å². The van der Waals surface area contributed by atoms with E-state index in [2.05, 4.69) is 5.32 Å². The van der Waals surface area contributed by atoms with Crippen molar-refractivity contribution in [3.63, 3.8) is 0 Å². The van der Waals surface area contributed by atoms with E-state index >= 15 is 0 Å². The molecule has 1 aromatic rings. The molecule has 0 unspecified atom stereocenters. The van der Waals surface area contributed by atoms with Crippen molar-refractivity contribution in [2.45, 2.75) is 25.1 Å². The Labute approximate surface area is 151 Å². The van der Waals surface area contributed by atoms with Crippen LogP contribution in [0.3, 0.4) is 0 Å². The Balaban J connectivity index is 1.86. The molecule has 2 aliphatic carbocycles. The van der Waals surface area contributed by atoms with Crippen LogP contribution in [0.25, 0.3) is 0 Å². The Morgan fingerprint density at radius 2 is 1.89 bits per heavy atom. The molecule has 1 aromatic carbocycles. The Morgan fingerprint density at radius 3 is 2.41 bits per heavy atom. The van der Waals surface area contributed by atoms with Crippen LogP contribution in [-0.4, -0.2) is 33.6 Å². The summed E-state index contributed by atoms with van der Waals surface area (Å²) in [5, 5.41) is 21.1. The van der Waals surface area contributed by atoms with Crippen molar-refractivity contribution in [1.29, 1.82) is 0 Å². The zero-order chi connectivity index (χ0) is 20.4. The van der Waals surface area contributed by atoms with Crippen molar-refractivity contribution in [3.05, 3.63) is 29.8 Å². The van der Waals surface area contributed by atoms with E-state index in [1.807, 2.05) is 0 Å². The molecule has 0 saturated heterocycles. The van der Waals surface area contributed by atoms with E-state index in [0.717, 1.165) is 18.2 Å². The molecule has 27 heavy (non-hydrogen) atoms. The number of fused-ring (bicyclic) bond motifs is 1. The number of aliphatic carboxylic acids is 2. The summed E-state index contributed by atoms with van der Waals surface area (Å²) in [7, 11) is 0. The fourth-order valence-corrected chi connectivity index (χ4v) is 4.46. The van der Waals surface area contributed by atoms with Gasteiger partial charge in [-0.25, -0.2) is 0 Å². The summed E-state index contributed by atoms with van der Waals surface area (Å²) in [6.07, 6.45) is -4.88. The van der Waals surface area contributed by atoms with Gasteiger partial charge in [-0.15, -0.1) is 0 Å². The molecule has 0 heterocycles. The Kier molecular flexibility index (Phi) is 4.03. The highest BCUT2D eigenvalue weighted by Crippen LogP contribution is 2.73. The van der Waals surface area contributed by atoms with Gasteiger partial charge in [0.15, 0.2) is 0 Å². The molecule has 10 heteroatoms. The van der Waals surface area contributed by atoms with Gasteiger partial charge in [0.05, 0.1) is 11.5 Å². The third kappa shape index (κ3) is 2.66. The van der Waals surface area contributed by atoms with Crippen molar-refractivity contribution in [3.8, 4) is 0 Å². The van der Waals surface area contributed by atoms with E-state index in [4.69, 9.17) is 5.73 Å². The highest BCUT2D eigenvalue weighted by molar-refractivity contribution is 5.97. The fraction of sp³-hybridized carbons (Fsp3) is 0.471. The van der Waals surface area contributed by atoms with Gasteiger partial charge in [0.25, 0.3) is 0 Å². The zero-order valence-electron chi connectivity index (χ0n) is 14.1. The summed E-state index contributed by atoms with van der Waals surface area (Å²) in [6, 6.07) is 3.98. The smallest absolute Gasteiger partial charge is 0.416 e. The number of carbonyl (C=O) groups is 3. The van der Waals surface area contributed by atoms with Gasteiger partial charge in [-0.2, -0.15) is 13.2 Å². The number of anilines is 1. The Hall–Kier alpha value is -2.62. The number of nitrogens with two attached hydrogens (primary N) is 1. The Morgan fingerprint density at radius 1 is 1.26 bits per heavy atom. The van der Waals surface area contributed by atoms with Gasteiger partial charge in [-0.3, -0.25) is 14.4 Å². The lowest BCUT2D eigenvalue weighted by molar-refractivity contribution is -0.148. The van der Waals surface area contributed by atoms with E-state index < -0.39 is 58.3 Å². The predicted molar refractivity (Wildman–Crippen MR) is 85.5 cm³/mol. The number of benzene rings is 1. The maximum atomic E-state index is 12.8. The van der Waals surface area contributed by atoms with E-state index in [1.54, 1.807) is 0 Å². The first-order chi connectivity index (χ1) is 12.3. The monoisotopic (exact) mass is 386 g/mol. The molecule has 0 spiro atoms. The number of amides is 1. The van der Waals surface area contributed by atoms with Gasteiger partial charge in [0.2, 0.25) is 5.91 Å². The maximum absolute atomic E-state index is 12.8. The molecule has 0 bridgehead atoms. The van der Waals surface area contributed by atoms with Crippen molar-refractivity contribution < 1.29 is 37.8 Å². The van der Waals surface area contributed by atoms with Crippen LogP contribution in [0, 0.1) is 23.2 Å². The first-order valence-electron chi connectivity index (χ1n) is 8.07. The highest BCUT2D eigenvalue weighted by Gasteiger charge is 2.83. The molecule has 0 radical (unpaired) electrons. The minimum atomic E-state index is -4.59. The van der Waals surface area contributed by atoms with Crippen LogP contribution in [0.4, 0.5) is 18.9 Å². The summed E-state index contributed by atoms with van der Waals surface area (Å²) in [6.45, 7) is 1.42. The molecule has 2 fully saturated rings. The Bertz CT molecular complexity index is 842. The van der Waals surface area contributed by atoms with Gasteiger partial charge in [0.1, 0.15) is 5.54 Å². The average molecular weight is 386 g/mol. The number of nitrogens with one attached hydrogen (secondary N) is 1. The second kappa shape index (κ2) is 5.69. The number of rotatable bonds is 4. The molecule has 1 amide bonds. The highest BCUT2D eigenvalue weighted by atomic mass is 19.4. The van der Waals surface area contributed by atoms with Crippen LogP contribution < -0.4 is 11.1 Å². The minimum Gasteiger partial charge on any atom is -0.481 e. The topological polar surface area (TPSA) is 130 Å². The van der Waals surface area contributed by atoms with E-state index in [9.17, 15) is 37.8 Å². The minimum absolute atomic E-state index is 0.117. The van der Waals surface area contributed by atoms with E-state index in [-0.39, 0.29) is 12.1 Å². The number of carbonyl (C=O) groups excluding carboxylic acids is 1. The molecule has 0 aromatic heterocycles. The number of hydrogen-bond acceptors (Lipinski definition) is 4. The number of carboxylic acids is 2. The first kappa shape index (κ1) is 19.2. The van der Waals surface area contributed by atoms with Crippen molar-refractivity contribution in [2.24, 2.45) is 28.9 Å². The number of halogens is 3. The molecule has 5 N–H and O–H groups in total. The second-order valence-electron chi connectivity index (χ2n) is 7.28. The molecule has 2 aliphatic rings. The first-order valence-corrected chi connectivity index (χ1v) is 8.07. The molecule has 3 rings (SSSR count). The molecule has 7 nitrogen and oxygen atoms in total. The largest absolute Gasteiger partial charge is 0.481 e. The molecule has 5 atom stereocenters. The average Bonchev–Trinajstić information content (AvgIpc) is 3.11.